The zero-order valence-corrected chi connectivity index (χ0v) is 5.55. The summed E-state index contributed by atoms with van der Waals surface area (Å²) in [6, 6.07) is -1.20. The van der Waals surface area contributed by atoms with Crippen LogP contribution in [0.3, 0.4) is 0 Å². The second kappa shape index (κ2) is 2.26. The van der Waals surface area contributed by atoms with Crippen molar-refractivity contribution in [2.24, 2.45) is 5.73 Å². The molecule has 1 heterocycles. The highest BCUT2D eigenvalue weighted by atomic mass is 16.2. The molecule has 0 bridgehead atoms. The van der Waals surface area contributed by atoms with Gasteiger partial charge in [0.1, 0.15) is 12.1 Å². The van der Waals surface area contributed by atoms with Crippen LogP contribution in [-0.4, -0.2) is 30.9 Å². The van der Waals surface area contributed by atoms with Gasteiger partial charge in [-0.2, -0.15) is 0 Å². The molecule has 2 unspecified atom stereocenters. The van der Waals surface area contributed by atoms with Crippen molar-refractivity contribution in [1.29, 1.82) is 0 Å². The highest BCUT2D eigenvalue weighted by Gasteiger charge is 2.40. The molecule has 1 fully saturated rings. The van der Waals surface area contributed by atoms with Gasteiger partial charge in [0.15, 0.2) is 0 Å². The lowest BCUT2D eigenvalue weighted by molar-refractivity contribution is -0.138. The molecule has 0 aromatic carbocycles. The van der Waals surface area contributed by atoms with Crippen LogP contribution in [0, 0.1) is 0 Å². The van der Waals surface area contributed by atoms with Gasteiger partial charge in [0.25, 0.3) is 0 Å². The van der Waals surface area contributed by atoms with E-state index in [9.17, 15) is 9.59 Å². The first kappa shape index (κ1) is 7.01. The maximum atomic E-state index is 10.7. The number of β-lactam (4-membered cyclic amide) rings is 1. The summed E-state index contributed by atoms with van der Waals surface area (Å²) < 4.78 is 0. The molecule has 0 aromatic rings. The van der Waals surface area contributed by atoms with E-state index in [0.717, 1.165) is 0 Å². The van der Waals surface area contributed by atoms with Crippen molar-refractivity contribution in [2.45, 2.75) is 12.1 Å². The van der Waals surface area contributed by atoms with Crippen LogP contribution in [0.5, 0.6) is 0 Å². The minimum atomic E-state index is -0.667. The summed E-state index contributed by atoms with van der Waals surface area (Å²) in [5, 5.41) is 4.75. The SMILES string of the molecule is CNC(=O)C1NC(=O)C1N. The molecule has 0 aromatic heterocycles. The van der Waals surface area contributed by atoms with E-state index in [1.165, 1.54) is 7.05 Å². The standard InChI is InChI=1S/C5H9N3O2/c1-7-5(10)3-2(6)4(9)8-3/h2-3H,6H2,1H3,(H,7,10)(H,8,9). The Balaban J connectivity index is 2.47. The summed E-state index contributed by atoms with van der Waals surface area (Å²) in [4.78, 5) is 21.2. The molecule has 1 saturated heterocycles. The van der Waals surface area contributed by atoms with E-state index >= 15 is 0 Å². The molecule has 2 atom stereocenters. The Morgan fingerprint density at radius 2 is 2.40 bits per heavy atom. The lowest BCUT2D eigenvalue weighted by Crippen LogP contribution is -2.71. The van der Waals surface area contributed by atoms with Crippen molar-refractivity contribution >= 4 is 11.8 Å². The number of hydrogen-bond acceptors (Lipinski definition) is 3. The van der Waals surface area contributed by atoms with Gasteiger partial charge < -0.3 is 16.4 Å². The molecule has 0 spiro atoms. The van der Waals surface area contributed by atoms with Crippen LogP contribution in [0.2, 0.25) is 0 Å². The number of carbonyl (C=O) groups excluding carboxylic acids is 2. The third-order valence-corrected chi connectivity index (χ3v) is 1.49. The van der Waals surface area contributed by atoms with Crippen LogP contribution in [0.15, 0.2) is 0 Å². The minimum absolute atomic E-state index is 0.243. The van der Waals surface area contributed by atoms with Crippen LogP contribution in [0.25, 0.3) is 0 Å². The van der Waals surface area contributed by atoms with Crippen LogP contribution in [-0.2, 0) is 9.59 Å². The second-order valence-corrected chi connectivity index (χ2v) is 2.13. The fourth-order valence-corrected chi connectivity index (χ4v) is 0.779. The molecule has 0 radical (unpaired) electrons. The summed E-state index contributed by atoms with van der Waals surface area (Å²) in [5.41, 5.74) is 5.27. The number of likely N-dealkylation sites (N-methyl/N-ethyl adjacent to an activating group) is 1. The van der Waals surface area contributed by atoms with E-state index < -0.39 is 12.1 Å². The van der Waals surface area contributed by atoms with Crippen molar-refractivity contribution in [3.05, 3.63) is 0 Å². The largest absolute Gasteiger partial charge is 0.357 e. The van der Waals surface area contributed by atoms with E-state index in [0.29, 0.717) is 0 Å². The zero-order chi connectivity index (χ0) is 7.72. The molecule has 5 heteroatoms. The highest BCUT2D eigenvalue weighted by Crippen LogP contribution is 2.01. The average molecular weight is 143 g/mol. The molecule has 0 saturated carbocycles. The fraction of sp³-hybridized carbons (Fsp3) is 0.600. The first-order chi connectivity index (χ1) is 4.66. The predicted octanol–water partition coefficient (Wildman–Crippen LogP) is -2.44. The number of rotatable bonds is 1. The molecule has 5 nitrogen and oxygen atoms in total. The molecule has 10 heavy (non-hydrogen) atoms. The summed E-state index contributed by atoms with van der Waals surface area (Å²) in [7, 11) is 1.50. The van der Waals surface area contributed by atoms with Gasteiger partial charge in [-0.05, 0) is 0 Å². The Labute approximate surface area is 58.0 Å². The van der Waals surface area contributed by atoms with Crippen LogP contribution in [0.4, 0.5) is 0 Å². The third kappa shape index (κ3) is 0.841. The fourth-order valence-electron chi connectivity index (χ4n) is 0.779. The summed E-state index contributed by atoms with van der Waals surface area (Å²) >= 11 is 0. The maximum Gasteiger partial charge on any atom is 0.244 e. The Morgan fingerprint density at radius 1 is 1.80 bits per heavy atom. The minimum Gasteiger partial charge on any atom is -0.357 e. The monoisotopic (exact) mass is 143 g/mol. The molecule has 4 N–H and O–H groups in total. The normalized spacial score (nSPS) is 30.4. The molecule has 1 rings (SSSR count). The second-order valence-electron chi connectivity index (χ2n) is 2.13. The van der Waals surface area contributed by atoms with Gasteiger partial charge in [-0.25, -0.2) is 0 Å². The number of nitrogens with one attached hydrogen (secondary N) is 2. The Kier molecular flexibility index (Phi) is 1.58. The van der Waals surface area contributed by atoms with E-state index in [2.05, 4.69) is 10.6 Å². The quantitative estimate of drug-likeness (QED) is 0.356. The maximum absolute atomic E-state index is 10.7. The van der Waals surface area contributed by atoms with Gasteiger partial charge in [-0.3, -0.25) is 9.59 Å². The van der Waals surface area contributed by atoms with E-state index in [1.807, 2.05) is 0 Å². The summed E-state index contributed by atoms with van der Waals surface area (Å²) in [5.74, 6) is -0.513. The number of nitrogens with two attached hydrogens (primary N) is 1. The Hall–Kier alpha value is -1.10. The average Bonchev–Trinajstić information content (AvgIpc) is 1.98. The van der Waals surface area contributed by atoms with Crippen LogP contribution in [0.1, 0.15) is 0 Å². The van der Waals surface area contributed by atoms with Crippen molar-refractivity contribution < 1.29 is 9.59 Å². The molecule has 0 aliphatic carbocycles. The molecule has 1 aliphatic rings. The number of amides is 2. The van der Waals surface area contributed by atoms with Gasteiger partial charge >= 0.3 is 0 Å². The highest BCUT2D eigenvalue weighted by molar-refractivity contribution is 6.01. The van der Waals surface area contributed by atoms with Crippen molar-refractivity contribution in [3.8, 4) is 0 Å². The number of carbonyl (C=O) groups is 2. The first-order valence-electron chi connectivity index (χ1n) is 2.94. The van der Waals surface area contributed by atoms with Crippen LogP contribution < -0.4 is 16.4 Å². The van der Waals surface area contributed by atoms with E-state index in [1.54, 1.807) is 0 Å². The molecule has 56 valence electrons. The number of hydrogen-bond donors (Lipinski definition) is 3. The molecule has 2 amide bonds. The lowest BCUT2D eigenvalue weighted by Gasteiger charge is -2.31. The summed E-state index contributed by atoms with van der Waals surface area (Å²) in [6.07, 6.45) is 0. The smallest absolute Gasteiger partial charge is 0.244 e. The predicted molar refractivity (Wildman–Crippen MR) is 34.0 cm³/mol. The molecule has 1 aliphatic heterocycles. The first-order valence-corrected chi connectivity index (χ1v) is 2.94. The molecular formula is C5H9N3O2. The van der Waals surface area contributed by atoms with Crippen molar-refractivity contribution in [2.75, 3.05) is 7.05 Å². The van der Waals surface area contributed by atoms with Gasteiger partial charge in [0.2, 0.25) is 11.8 Å². The van der Waals surface area contributed by atoms with E-state index in [-0.39, 0.29) is 11.8 Å². The van der Waals surface area contributed by atoms with Crippen LogP contribution >= 0.6 is 0 Å². The lowest BCUT2D eigenvalue weighted by atomic mass is 10.00. The Morgan fingerprint density at radius 3 is 2.70 bits per heavy atom. The topological polar surface area (TPSA) is 84.2 Å². The Bertz CT molecular complexity index is 180. The third-order valence-electron chi connectivity index (χ3n) is 1.49. The molecular weight excluding hydrogens is 134 g/mol. The zero-order valence-electron chi connectivity index (χ0n) is 5.55. The summed E-state index contributed by atoms with van der Waals surface area (Å²) in [6.45, 7) is 0. The van der Waals surface area contributed by atoms with Gasteiger partial charge in [-0.1, -0.05) is 0 Å². The van der Waals surface area contributed by atoms with Gasteiger partial charge in [0.05, 0.1) is 0 Å². The van der Waals surface area contributed by atoms with Crippen molar-refractivity contribution in [3.63, 3.8) is 0 Å². The van der Waals surface area contributed by atoms with Crippen molar-refractivity contribution in [1.82, 2.24) is 10.6 Å². The van der Waals surface area contributed by atoms with Gasteiger partial charge in [-0.15, -0.1) is 0 Å². The van der Waals surface area contributed by atoms with E-state index in [4.69, 9.17) is 5.73 Å². The van der Waals surface area contributed by atoms with Gasteiger partial charge in [0, 0.05) is 7.05 Å².